The lowest BCUT2D eigenvalue weighted by atomic mass is 10.1. The van der Waals surface area contributed by atoms with Gasteiger partial charge in [0, 0.05) is 11.4 Å². The van der Waals surface area contributed by atoms with E-state index in [2.05, 4.69) is 22.1 Å². The summed E-state index contributed by atoms with van der Waals surface area (Å²) in [6, 6.07) is 0. The van der Waals surface area contributed by atoms with Crippen molar-refractivity contribution in [3.8, 4) is 0 Å². The highest BCUT2D eigenvalue weighted by Gasteiger charge is 2.23. The van der Waals surface area contributed by atoms with Crippen molar-refractivity contribution in [2.75, 3.05) is 17.7 Å². The third-order valence-electron chi connectivity index (χ3n) is 3.85. The van der Waals surface area contributed by atoms with Gasteiger partial charge in [0.2, 0.25) is 5.91 Å². The number of allylic oxidation sites excluding steroid dienone is 1. The van der Waals surface area contributed by atoms with E-state index in [1.807, 2.05) is 25.3 Å². The number of hydrogen-bond acceptors (Lipinski definition) is 7. The highest BCUT2D eigenvalue weighted by atomic mass is 32.2. The van der Waals surface area contributed by atoms with Gasteiger partial charge in [-0.2, -0.15) is 0 Å². The first-order valence-electron chi connectivity index (χ1n) is 8.65. The molecule has 0 spiro atoms. The molecule has 27 heavy (non-hydrogen) atoms. The van der Waals surface area contributed by atoms with Crippen molar-refractivity contribution in [1.29, 1.82) is 0 Å². The number of aromatic nitrogens is 3. The molecule has 2 rings (SSSR count). The number of hydrogen-bond donors (Lipinski definition) is 1. The second kappa shape index (κ2) is 9.70. The van der Waals surface area contributed by atoms with E-state index in [4.69, 9.17) is 4.74 Å². The number of anilines is 1. The molecule has 9 heteroatoms. The van der Waals surface area contributed by atoms with Gasteiger partial charge in [-0.1, -0.05) is 24.8 Å². The van der Waals surface area contributed by atoms with Crippen LogP contribution < -0.4 is 5.32 Å². The molecule has 0 unspecified atom stereocenters. The van der Waals surface area contributed by atoms with Gasteiger partial charge in [0.1, 0.15) is 10.8 Å². The summed E-state index contributed by atoms with van der Waals surface area (Å²) in [5.41, 5.74) is 1.31. The Bertz CT molecular complexity index is 842. The molecule has 0 saturated heterocycles. The number of thioether (sulfide) groups is 1. The number of amides is 1. The molecule has 0 bridgehead atoms. The van der Waals surface area contributed by atoms with E-state index in [9.17, 15) is 9.59 Å². The molecule has 146 valence electrons. The van der Waals surface area contributed by atoms with Crippen LogP contribution in [0.2, 0.25) is 0 Å². The molecule has 0 aliphatic rings. The van der Waals surface area contributed by atoms with Crippen LogP contribution in [0.3, 0.4) is 0 Å². The summed E-state index contributed by atoms with van der Waals surface area (Å²) >= 11 is 2.71. The van der Waals surface area contributed by atoms with Crippen LogP contribution in [0.25, 0.3) is 0 Å². The average molecular weight is 409 g/mol. The van der Waals surface area contributed by atoms with Gasteiger partial charge in [-0.25, -0.2) is 4.79 Å². The molecule has 0 aliphatic carbocycles. The molecular formula is C18H24N4O3S2. The molecule has 1 N–H and O–H groups in total. The van der Waals surface area contributed by atoms with Crippen molar-refractivity contribution < 1.29 is 14.3 Å². The highest BCUT2D eigenvalue weighted by Crippen LogP contribution is 2.34. The minimum atomic E-state index is -0.407. The molecule has 2 aromatic rings. The minimum Gasteiger partial charge on any atom is -0.462 e. The summed E-state index contributed by atoms with van der Waals surface area (Å²) in [5, 5.41) is 12.2. The molecule has 2 aromatic heterocycles. The van der Waals surface area contributed by atoms with Gasteiger partial charge in [-0.3, -0.25) is 4.79 Å². The molecule has 0 aromatic carbocycles. The van der Waals surface area contributed by atoms with Gasteiger partial charge in [0.15, 0.2) is 5.16 Å². The van der Waals surface area contributed by atoms with Crippen LogP contribution in [-0.4, -0.2) is 39.0 Å². The Hall–Kier alpha value is -2.13. The molecule has 0 atom stereocenters. The van der Waals surface area contributed by atoms with Crippen LogP contribution in [-0.2, 0) is 22.5 Å². The van der Waals surface area contributed by atoms with Crippen LogP contribution in [0.1, 0.15) is 40.5 Å². The van der Waals surface area contributed by atoms with Gasteiger partial charge in [-0.15, -0.1) is 28.1 Å². The lowest BCUT2D eigenvalue weighted by Crippen LogP contribution is -2.17. The largest absolute Gasteiger partial charge is 0.462 e. The zero-order valence-corrected chi connectivity index (χ0v) is 17.6. The summed E-state index contributed by atoms with van der Waals surface area (Å²) in [6.45, 7) is 12.1. The molecule has 7 nitrogen and oxygen atoms in total. The van der Waals surface area contributed by atoms with E-state index in [1.54, 1.807) is 13.0 Å². The number of carbonyl (C=O) groups excluding carboxylic acids is 2. The first-order valence-corrected chi connectivity index (χ1v) is 10.5. The number of thiophene rings is 1. The topological polar surface area (TPSA) is 86.1 Å². The molecule has 0 saturated carbocycles. The van der Waals surface area contributed by atoms with Crippen molar-refractivity contribution in [2.24, 2.45) is 0 Å². The fourth-order valence-corrected chi connectivity index (χ4v) is 4.48. The minimum absolute atomic E-state index is 0.163. The second-order valence-corrected chi connectivity index (χ2v) is 7.74. The Balaban J connectivity index is 2.12. The van der Waals surface area contributed by atoms with Crippen LogP contribution in [0.4, 0.5) is 5.00 Å². The zero-order valence-electron chi connectivity index (χ0n) is 16.0. The number of ether oxygens (including phenoxy) is 1. The Morgan fingerprint density at radius 3 is 2.70 bits per heavy atom. The summed E-state index contributed by atoms with van der Waals surface area (Å²) < 4.78 is 7.03. The predicted octanol–water partition coefficient (Wildman–Crippen LogP) is 3.61. The van der Waals surface area contributed by atoms with Crippen molar-refractivity contribution in [3.63, 3.8) is 0 Å². The van der Waals surface area contributed by atoms with Gasteiger partial charge >= 0.3 is 5.97 Å². The van der Waals surface area contributed by atoms with Crippen molar-refractivity contribution in [3.05, 3.63) is 34.5 Å². The van der Waals surface area contributed by atoms with E-state index in [0.29, 0.717) is 22.3 Å². The Morgan fingerprint density at radius 2 is 2.07 bits per heavy atom. The van der Waals surface area contributed by atoms with E-state index in [1.165, 1.54) is 23.1 Å². The lowest BCUT2D eigenvalue weighted by molar-refractivity contribution is -0.113. The Labute approximate surface area is 167 Å². The SMILES string of the molecule is C=CCn1c(C)nnc1SCC(=O)Nc1sc(CC)c(C)c1C(=O)OCC. The van der Waals surface area contributed by atoms with Crippen LogP contribution >= 0.6 is 23.1 Å². The monoisotopic (exact) mass is 408 g/mol. The molecule has 1 amide bonds. The summed E-state index contributed by atoms with van der Waals surface area (Å²) in [6.07, 6.45) is 2.55. The third-order valence-corrected chi connectivity index (χ3v) is 6.16. The van der Waals surface area contributed by atoms with Crippen LogP contribution in [0, 0.1) is 13.8 Å². The van der Waals surface area contributed by atoms with E-state index in [0.717, 1.165) is 22.7 Å². The van der Waals surface area contributed by atoms with Crippen molar-refractivity contribution in [2.45, 2.75) is 45.8 Å². The number of rotatable bonds is 9. The molecule has 0 fully saturated rings. The first kappa shape index (κ1) is 21.2. The molecule has 0 radical (unpaired) electrons. The van der Waals surface area contributed by atoms with E-state index < -0.39 is 5.97 Å². The van der Waals surface area contributed by atoms with Gasteiger partial charge in [0.25, 0.3) is 0 Å². The Kier molecular flexibility index (Phi) is 7.61. The molecule has 0 aliphatic heterocycles. The fourth-order valence-electron chi connectivity index (χ4n) is 2.54. The standard InChI is InChI=1S/C18H24N4O3S2/c1-6-9-22-12(5)20-21-18(22)26-10-14(23)19-16-15(17(24)25-8-3)11(4)13(7-2)27-16/h6H,1,7-10H2,2-5H3,(H,19,23). The summed E-state index contributed by atoms with van der Waals surface area (Å²) in [4.78, 5) is 25.8. The third kappa shape index (κ3) is 4.98. The summed E-state index contributed by atoms with van der Waals surface area (Å²) in [5.74, 6) is 0.315. The summed E-state index contributed by atoms with van der Waals surface area (Å²) in [7, 11) is 0. The number of carbonyl (C=O) groups is 2. The van der Waals surface area contributed by atoms with Gasteiger partial charge in [-0.05, 0) is 32.8 Å². The smallest absolute Gasteiger partial charge is 0.341 e. The number of esters is 1. The van der Waals surface area contributed by atoms with Crippen LogP contribution in [0.5, 0.6) is 0 Å². The fraction of sp³-hybridized carbons (Fsp3) is 0.444. The zero-order chi connectivity index (χ0) is 20.0. The van der Waals surface area contributed by atoms with E-state index >= 15 is 0 Å². The first-order chi connectivity index (χ1) is 12.9. The van der Waals surface area contributed by atoms with Gasteiger partial charge < -0.3 is 14.6 Å². The quantitative estimate of drug-likeness (QED) is 0.387. The molecular weight excluding hydrogens is 384 g/mol. The van der Waals surface area contributed by atoms with Crippen LogP contribution in [0.15, 0.2) is 17.8 Å². The van der Waals surface area contributed by atoms with Crippen molar-refractivity contribution in [1.82, 2.24) is 14.8 Å². The Morgan fingerprint density at radius 1 is 1.33 bits per heavy atom. The predicted molar refractivity (Wildman–Crippen MR) is 109 cm³/mol. The van der Waals surface area contributed by atoms with Gasteiger partial charge in [0.05, 0.1) is 17.9 Å². The maximum atomic E-state index is 12.4. The molecule has 2 heterocycles. The number of aryl methyl sites for hydroxylation is 2. The van der Waals surface area contributed by atoms with Crippen molar-refractivity contribution >= 4 is 40.0 Å². The maximum Gasteiger partial charge on any atom is 0.341 e. The normalized spacial score (nSPS) is 10.7. The van der Waals surface area contributed by atoms with E-state index in [-0.39, 0.29) is 18.3 Å². The highest BCUT2D eigenvalue weighted by molar-refractivity contribution is 7.99. The lowest BCUT2D eigenvalue weighted by Gasteiger charge is -2.08. The maximum absolute atomic E-state index is 12.4. The number of nitrogens with zero attached hydrogens (tertiary/aromatic N) is 3. The average Bonchev–Trinajstić information content (AvgIpc) is 3.13. The second-order valence-electron chi connectivity index (χ2n) is 5.69. The number of nitrogens with one attached hydrogen (secondary N) is 1.